The maximum atomic E-state index is 5.95. The molecule has 6 heteroatoms. The molecule has 0 aliphatic heterocycles. The van der Waals surface area contributed by atoms with Crippen LogP contribution in [0, 0.1) is 0 Å². The third-order valence-electron chi connectivity index (χ3n) is 1.97. The summed E-state index contributed by atoms with van der Waals surface area (Å²) < 4.78 is 5.48. The zero-order chi connectivity index (χ0) is 12.3. The van der Waals surface area contributed by atoms with E-state index in [0.29, 0.717) is 26.6 Å². The van der Waals surface area contributed by atoms with E-state index >= 15 is 0 Å². The Morgan fingerprint density at radius 3 is 2.24 bits per heavy atom. The highest BCUT2D eigenvalue weighted by Gasteiger charge is 2.07. The summed E-state index contributed by atoms with van der Waals surface area (Å²) >= 11 is 17.5. The lowest BCUT2D eigenvalue weighted by Crippen LogP contribution is -2.00. The smallest absolute Gasteiger partial charge is 0.157 e. The van der Waals surface area contributed by atoms with E-state index in [1.54, 1.807) is 30.3 Å². The van der Waals surface area contributed by atoms with Gasteiger partial charge in [0.25, 0.3) is 0 Å². The molecule has 17 heavy (non-hydrogen) atoms. The average Bonchev–Trinajstić information content (AvgIpc) is 2.31. The molecule has 0 N–H and O–H groups in total. The first-order valence-corrected chi connectivity index (χ1v) is 5.85. The van der Waals surface area contributed by atoms with Crippen LogP contribution in [0.15, 0.2) is 30.3 Å². The number of nitrogens with zero attached hydrogens (tertiary/aromatic N) is 2. The largest absolute Gasteiger partial charge is 0.484 e. The molecule has 0 radical (unpaired) electrons. The van der Waals surface area contributed by atoms with Gasteiger partial charge in [0.1, 0.15) is 12.3 Å². The average molecular weight is 290 g/mol. The van der Waals surface area contributed by atoms with Crippen LogP contribution in [0.3, 0.4) is 0 Å². The molecule has 0 spiro atoms. The Bertz CT molecular complexity index is 496. The van der Waals surface area contributed by atoms with Crippen LogP contribution in [0.4, 0.5) is 0 Å². The second-order valence-electron chi connectivity index (χ2n) is 3.19. The number of hydrogen-bond donors (Lipinski definition) is 0. The number of aromatic nitrogens is 2. The molecule has 0 aliphatic rings. The minimum Gasteiger partial charge on any atom is -0.484 e. The highest BCUT2D eigenvalue weighted by atomic mass is 35.5. The van der Waals surface area contributed by atoms with E-state index < -0.39 is 0 Å². The Hall–Kier alpha value is -1.03. The Balaban J connectivity index is 2.10. The second-order valence-corrected chi connectivity index (χ2v) is 4.39. The SMILES string of the molecule is Clc1ccc(COc2c(Cl)cccc2Cl)nn1. The van der Waals surface area contributed by atoms with Crippen molar-refractivity contribution in [2.75, 3.05) is 0 Å². The molecular weight excluding hydrogens is 282 g/mol. The van der Waals surface area contributed by atoms with E-state index in [2.05, 4.69) is 10.2 Å². The summed E-state index contributed by atoms with van der Waals surface area (Å²) in [6, 6.07) is 8.52. The maximum Gasteiger partial charge on any atom is 0.157 e. The predicted molar refractivity (Wildman–Crippen MR) is 67.8 cm³/mol. The van der Waals surface area contributed by atoms with Crippen molar-refractivity contribution in [2.24, 2.45) is 0 Å². The highest BCUT2D eigenvalue weighted by Crippen LogP contribution is 2.32. The van der Waals surface area contributed by atoms with Crippen LogP contribution < -0.4 is 4.74 Å². The fourth-order valence-electron chi connectivity index (χ4n) is 1.19. The lowest BCUT2D eigenvalue weighted by Gasteiger charge is -2.08. The van der Waals surface area contributed by atoms with Crippen molar-refractivity contribution in [2.45, 2.75) is 6.61 Å². The first-order valence-electron chi connectivity index (χ1n) is 4.72. The summed E-state index contributed by atoms with van der Waals surface area (Å²) in [5, 5.41) is 8.82. The molecule has 2 aromatic rings. The first-order chi connectivity index (χ1) is 8.16. The van der Waals surface area contributed by atoms with Gasteiger partial charge in [0.2, 0.25) is 0 Å². The standard InChI is InChI=1S/C11H7Cl3N2O/c12-8-2-1-3-9(13)11(8)17-6-7-4-5-10(14)16-15-7/h1-5H,6H2. The minimum atomic E-state index is 0.230. The van der Waals surface area contributed by atoms with Crippen LogP contribution in [0.5, 0.6) is 5.75 Å². The van der Waals surface area contributed by atoms with Crippen molar-refractivity contribution in [1.82, 2.24) is 10.2 Å². The van der Waals surface area contributed by atoms with Crippen molar-refractivity contribution >= 4 is 34.8 Å². The molecule has 0 saturated heterocycles. The van der Waals surface area contributed by atoms with E-state index in [1.807, 2.05) is 0 Å². The molecule has 0 saturated carbocycles. The summed E-state index contributed by atoms with van der Waals surface area (Å²) in [5.74, 6) is 0.438. The number of para-hydroxylation sites is 1. The molecule has 88 valence electrons. The van der Waals surface area contributed by atoms with Crippen LogP contribution in [-0.4, -0.2) is 10.2 Å². The normalized spacial score (nSPS) is 10.3. The van der Waals surface area contributed by atoms with Gasteiger partial charge in [-0.3, -0.25) is 0 Å². The van der Waals surface area contributed by atoms with Crippen LogP contribution in [0.1, 0.15) is 5.69 Å². The second kappa shape index (κ2) is 5.54. The third kappa shape index (κ3) is 3.22. The number of halogens is 3. The van der Waals surface area contributed by atoms with Crippen molar-refractivity contribution < 1.29 is 4.74 Å². The third-order valence-corrected chi connectivity index (χ3v) is 2.77. The molecule has 3 nitrogen and oxygen atoms in total. The van der Waals surface area contributed by atoms with Gasteiger partial charge < -0.3 is 4.74 Å². The summed E-state index contributed by atoms with van der Waals surface area (Å²) in [7, 11) is 0. The van der Waals surface area contributed by atoms with Gasteiger partial charge in [-0.2, -0.15) is 5.10 Å². The zero-order valence-corrected chi connectivity index (χ0v) is 10.8. The van der Waals surface area contributed by atoms with Crippen molar-refractivity contribution in [1.29, 1.82) is 0 Å². The molecular formula is C11H7Cl3N2O. The number of benzene rings is 1. The molecule has 1 aromatic heterocycles. The molecule has 0 amide bonds. The van der Waals surface area contributed by atoms with Crippen molar-refractivity contribution in [3.63, 3.8) is 0 Å². The predicted octanol–water partition coefficient (Wildman–Crippen LogP) is 4.02. The van der Waals surface area contributed by atoms with Gasteiger partial charge >= 0.3 is 0 Å². The Morgan fingerprint density at radius 2 is 1.65 bits per heavy atom. The lowest BCUT2D eigenvalue weighted by molar-refractivity contribution is 0.300. The quantitative estimate of drug-likeness (QED) is 0.856. The number of ether oxygens (including phenoxy) is 1. The fourth-order valence-corrected chi connectivity index (χ4v) is 1.79. The Morgan fingerprint density at radius 1 is 0.941 bits per heavy atom. The van der Waals surface area contributed by atoms with Gasteiger partial charge in [0, 0.05) is 0 Å². The van der Waals surface area contributed by atoms with Gasteiger partial charge in [0.05, 0.1) is 10.0 Å². The van der Waals surface area contributed by atoms with E-state index in [-0.39, 0.29) is 6.61 Å². The molecule has 0 fully saturated rings. The number of hydrogen-bond acceptors (Lipinski definition) is 3. The zero-order valence-electron chi connectivity index (χ0n) is 8.53. The van der Waals surface area contributed by atoms with Crippen molar-refractivity contribution in [3.8, 4) is 5.75 Å². The van der Waals surface area contributed by atoms with Crippen LogP contribution in [-0.2, 0) is 6.61 Å². The van der Waals surface area contributed by atoms with E-state index in [4.69, 9.17) is 39.5 Å². The molecule has 0 unspecified atom stereocenters. The van der Waals surface area contributed by atoms with E-state index in [1.165, 1.54) is 0 Å². The minimum absolute atomic E-state index is 0.230. The fraction of sp³-hybridized carbons (Fsp3) is 0.0909. The summed E-state index contributed by atoms with van der Waals surface area (Å²) in [5.41, 5.74) is 0.644. The van der Waals surface area contributed by atoms with Crippen LogP contribution in [0.25, 0.3) is 0 Å². The molecule has 0 bridgehead atoms. The molecule has 2 rings (SSSR count). The Labute approximate surface area is 113 Å². The molecule has 1 heterocycles. The van der Waals surface area contributed by atoms with Gasteiger partial charge in [-0.1, -0.05) is 40.9 Å². The molecule has 0 atom stereocenters. The monoisotopic (exact) mass is 288 g/mol. The summed E-state index contributed by atoms with van der Waals surface area (Å²) in [4.78, 5) is 0. The number of rotatable bonds is 3. The summed E-state index contributed by atoms with van der Waals surface area (Å²) in [6.07, 6.45) is 0. The van der Waals surface area contributed by atoms with E-state index in [0.717, 1.165) is 0 Å². The van der Waals surface area contributed by atoms with E-state index in [9.17, 15) is 0 Å². The van der Waals surface area contributed by atoms with Gasteiger partial charge in [-0.05, 0) is 24.3 Å². The first kappa shape index (κ1) is 12.4. The van der Waals surface area contributed by atoms with Gasteiger partial charge in [-0.25, -0.2) is 0 Å². The molecule has 0 aliphatic carbocycles. The van der Waals surface area contributed by atoms with Gasteiger partial charge in [-0.15, -0.1) is 5.10 Å². The topological polar surface area (TPSA) is 35.0 Å². The van der Waals surface area contributed by atoms with Crippen LogP contribution in [0.2, 0.25) is 15.2 Å². The van der Waals surface area contributed by atoms with Gasteiger partial charge in [0.15, 0.2) is 10.9 Å². The summed E-state index contributed by atoms with van der Waals surface area (Å²) in [6.45, 7) is 0.230. The highest BCUT2D eigenvalue weighted by molar-refractivity contribution is 6.37. The Kier molecular flexibility index (Phi) is 4.05. The maximum absolute atomic E-state index is 5.95. The molecule has 1 aromatic carbocycles. The lowest BCUT2D eigenvalue weighted by atomic mass is 10.3. The van der Waals surface area contributed by atoms with Crippen molar-refractivity contribution in [3.05, 3.63) is 51.2 Å². The van der Waals surface area contributed by atoms with Crippen LogP contribution >= 0.6 is 34.8 Å².